The second kappa shape index (κ2) is 9.50. The Labute approximate surface area is 273 Å². The van der Waals surface area contributed by atoms with Gasteiger partial charge in [0.2, 0.25) is 0 Å². The van der Waals surface area contributed by atoms with Gasteiger partial charge in [-0.3, -0.25) is 4.98 Å². The minimum atomic E-state index is 0.831. The summed E-state index contributed by atoms with van der Waals surface area (Å²) < 4.78 is 13.2. The number of para-hydroxylation sites is 2. The average molecular weight is 613 g/mol. The molecule has 0 bridgehead atoms. The van der Waals surface area contributed by atoms with E-state index in [1.54, 1.807) is 0 Å². The minimum Gasteiger partial charge on any atom is -0.455 e. The van der Waals surface area contributed by atoms with Crippen LogP contribution >= 0.6 is 0 Å². The van der Waals surface area contributed by atoms with Crippen LogP contribution in [-0.2, 0) is 0 Å². The zero-order chi connectivity index (χ0) is 31.3. The van der Waals surface area contributed by atoms with E-state index >= 15 is 0 Å². The summed E-state index contributed by atoms with van der Waals surface area (Å²) in [5, 5.41) is 11.2. The summed E-state index contributed by atoms with van der Waals surface area (Å²) in [5.41, 5.74) is 9.09. The third-order valence-electron chi connectivity index (χ3n) is 9.86. The highest BCUT2D eigenvalue weighted by molar-refractivity contribution is 6.24. The third-order valence-corrected chi connectivity index (χ3v) is 9.86. The topological polar surface area (TPSA) is 52.1 Å². The first-order chi connectivity index (χ1) is 23.8. The van der Waals surface area contributed by atoms with Crippen LogP contribution < -0.4 is 0 Å². The Morgan fingerprint density at radius 2 is 0.917 bits per heavy atom. The van der Waals surface area contributed by atoms with Crippen LogP contribution in [0.1, 0.15) is 0 Å². The van der Waals surface area contributed by atoms with Crippen molar-refractivity contribution in [1.29, 1.82) is 0 Å². The van der Waals surface area contributed by atoms with Gasteiger partial charge >= 0.3 is 0 Å². The van der Waals surface area contributed by atoms with Crippen LogP contribution in [0.2, 0.25) is 0 Å². The van der Waals surface area contributed by atoms with Gasteiger partial charge in [0.05, 0.1) is 28.5 Å². The molecule has 0 atom stereocenters. The van der Waals surface area contributed by atoms with Crippen molar-refractivity contribution in [2.24, 2.45) is 0 Å². The first kappa shape index (κ1) is 25.6. The lowest BCUT2D eigenvalue weighted by molar-refractivity contribution is 0.658. The van der Waals surface area contributed by atoms with Gasteiger partial charge in [-0.2, -0.15) is 0 Å². The molecule has 3 aromatic heterocycles. The molecule has 48 heavy (non-hydrogen) atoms. The average Bonchev–Trinajstić information content (AvgIpc) is 3.71. The van der Waals surface area contributed by atoms with E-state index < -0.39 is 0 Å². The van der Waals surface area contributed by atoms with E-state index in [1.165, 1.54) is 10.8 Å². The van der Waals surface area contributed by atoms with Crippen LogP contribution in [0, 0.1) is 0 Å². The molecule has 0 saturated heterocycles. The fourth-order valence-electron chi connectivity index (χ4n) is 7.62. The van der Waals surface area contributed by atoms with Crippen molar-refractivity contribution in [3.63, 3.8) is 0 Å². The van der Waals surface area contributed by atoms with Gasteiger partial charge in [-0.05, 0) is 57.4 Å². The Hall–Kier alpha value is -6.52. The summed E-state index contributed by atoms with van der Waals surface area (Å²) in [6.45, 7) is 0. The molecule has 222 valence electrons. The molecule has 0 radical (unpaired) electrons. The largest absolute Gasteiger partial charge is 0.455 e. The van der Waals surface area contributed by atoms with Crippen LogP contribution in [0.25, 0.3) is 110 Å². The predicted molar refractivity (Wildman–Crippen MR) is 197 cm³/mol. The van der Waals surface area contributed by atoms with E-state index in [9.17, 15) is 0 Å². The second-order valence-corrected chi connectivity index (χ2v) is 12.5. The Balaban J connectivity index is 1.15. The number of aromatic nitrogens is 2. The maximum absolute atomic E-state index is 6.58. The van der Waals surface area contributed by atoms with E-state index in [1.807, 2.05) is 30.5 Å². The molecule has 0 N–H and O–H groups in total. The molecular weight excluding hydrogens is 588 g/mol. The second-order valence-electron chi connectivity index (χ2n) is 12.5. The Morgan fingerprint density at radius 1 is 0.396 bits per heavy atom. The lowest BCUT2D eigenvalue weighted by atomic mass is 9.95. The molecule has 11 aromatic rings. The molecule has 0 aliphatic rings. The number of furan rings is 2. The van der Waals surface area contributed by atoms with Crippen LogP contribution in [0.4, 0.5) is 0 Å². The zero-order valence-corrected chi connectivity index (χ0v) is 25.6. The van der Waals surface area contributed by atoms with Crippen LogP contribution in [0.5, 0.6) is 0 Å². The molecule has 3 heterocycles. The third kappa shape index (κ3) is 3.54. The molecule has 0 fully saturated rings. The number of nitrogens with zero attached hydrogens (tertiary/aromatic N) is 2. The van der Waals surface area contributed by atoms with Crippen molar-refractivity contribution in [2.75, 3.05) is 0 Å². The van der Waals surface area contributed by atoms with Crippen LogP contribution in [-0.4, -0.2) is 9.97 Å². The highest BCUT2D eigenvalue weighted by Gasteiger charge is 2.21. The molecule has 0 unspecified atom stereocenters. The van der Waals surface area contributed by atoms with Crippen molar-refractivity contribution in [3.8, 4) is 22.4 Å². The van der Waals surface area contributed by atoms with Gasteiger partial charge in [0.15, 0.2) is 0 Å². The molecule has 4 nitrogen and oxygen atoms in total. The number of rotatable bonds is 2. The molecule has 0 aliphatic heterocycles. The number of fused-ring (bicyclic) bond motifs is 13. The summed E-state index contributed by atoms with van der Waals surface area (Å²) in [5.74, 6) is 0. The summed E-state index contributed by atoms with van der Waals surface area (Å²) in [6, 6.07) is 48.7. The lowest BCUT2D eigenvalue weighted by Crippen LogP contribution is -1.92. The summed E-state index contributed by atoms with van der Waals surface area (Å²) in [6.07, 6.45) is 1.90. The van der Waals surface area contributed by atoms with Crippen molar-refractivity contribution in [3.05, 3.63) is 146 Å². The Kier molecular flexibility index (Phi) is 5.08. The van der Waals surface area contributed by atoms with Crippen molar-refractivity contribution in [1.82, 2.24) is 9.97 Å². The Bertz CT molecular complexity index is 3010. The fourth-order valence-corrected chi connectivity index (χ4v) is 7.62. The van der Waals surface area contributed by atoms with Crippen molar-refractivity contribution in [2.45, 2.75) is 0 Å². The standard InChI is InChI=1S/C44H24N2O2/c1-3-13-33-29(9-1)30-10-2-4-14-34(30)42-41(33)45-24-37(46-42)26-19-17-25-18-20-27(22-28(25)21-26)40-43-35(31-11-5-7-15-38(31)47-43)23-36-32-12-6-8-16-39(32)48-44(36)40/h1-24H. The monoisotopic (exact) mass is 612 g/mol. The first-order valence-electron chi connectivity index (χ1n) is 16.1. The van der Waals surface area contributed by atoms with Gasteiger partial charge in [-0.15, -0.1) is 0 Å². The van der Waals surface area contributed by atoms with E-state index in [2.05, 4.69) is 115 Å². The molecule has 8 aromatic carbocycles. The van der Waals surface area contributed by atoms with E-state index in [4.69, 9.17) is 18.8 Å². The number of benzene rings is 8. The molecule has 0 aliphatic carbocycles. The molecular formula is C44H24N2O2. The predicted octanol–water partition coefficient (Wildman–Crippen LogP) is 12.2. The Morgan fingerprint density at radius 3 is 1.56 bits per heavy atom. The lowest BCUT2D eigenvalue weighted by Gasteiger charge is -2.11. The quantitative estimate of drug-likeness (QED) is 0.182. The van der Waals surface area contributed by atoms with E-state index in [-0.39, 0.29) is 0 Å². The van der Waals surface area contributed by atoms with Crippen molar-refractivity contribution >= 4 is 87.2 Å². The van der Waals surface area contributed by atoms with E-state index in [0.717, 1.165) is 98.8 Å². The normalized spacial score (nSPS) is 12.2. The van der Waals surface area contributed by atoms with Gasteiger partial charge in [-0.25, -0.2) is 4.98 Å². The van der Waals surface area contributed by atoms with Gasteiger partial charge in [0, 0.05) is 37.9 Å². The fraction of sp³-hybridized carbons (Fsp3) is 0. The highest BCUT2D eigenvalue weighted by Crippen LogP contribution is 2.45. The smallest absolute Gasteiger partial charge is 0.147 e. The zero-order valence-electron chi connectivity index (χ0n) is 25.6. The number of hydrogen-bond acceptors (Lipinski definition) is 4. The SMILES string of the molecule is c1ccc2c(c1)oc1c(-c3ccc4ccc(-c5cnc6c7ccccc7c7ccccc7c6n5)cc4c3)c3oc4ccccc4c3cc12. The summed E-state index contributed by atoms with van der Waals surface area (Å²) in [7, 11) is 0. The first-order valence-corrected chi connectivity index (χ1v) is 16.1. The summed E-state index contributed by atoms with van der Waals surface area (Å²) in [4.78, 5) is 10.3. The van der Waals surface area contributed by atoms with Gasteiger partial charge in [0.1, 0.15) is 22.3 Å². The molecule has 0 saturated carbocycles. The van der Waals surface area contributed by atoms with Crippen molar-refractivity contribution < 1.29 is 8.83 Å². The maximum atomic E-state index is 6.58. The summed E-state index contributed by atoms with van der Waals surface area (Å²) >= 11 is 0. The minimum absolute atomic E-state index is 0.831. The van der Waals surface area contributed by atoms with Gasteiger partial charge in [0.25, 0.3) is 0 Å². The van der Waals surface area contributed by atoms with Gasteiger partial charge in [-0.1, -0.05) is 109 Å². The highest BCUT2D eigenvalue weighted by atomic mass is 16.3. The van der Waals surface area contributed by atoms with Gasteiger partial charge < -0.3 is 8.83 Å². The molecule has 4 heteroatoms. The van der Waals surface area contributed by atoms with Crippen LogP contribution in [0.3, 0.4) is 0 Å². The number of hydrogen-bond donors (Lipinski definition) is 0. The van der Waals surface area contributed by atoms with E-state index in [0.29, 0.717) is 0 Å². The maximum Gasteiger partial charge on any atom is 0.147 e. The molecule has 0 spiro atoms. The van der Waals surface area contributed by atoms with Crippen LogP contribution in [0.15, 0.2) is 155 Å². The molecule has 0 amide bonds. The molecule has 11 rings (SSSR count).